The molecule has 1 saturated carbocycles. The third kappa shape index (κ3) is 2.98. The van der Waals surface area contributed by atoms with Crippen LogP contribution in [0.15, 0.2) is 24.3 Å². The quantitative estimate of drug-likeness (QED) is 0.902. The Hall–Kier alpha value is -1.35. The Kier molecular flexibility index (Phi) is 4.03. The third-order valence-corrected chi connectivity index (χ3v) is 5.12. The molecule has 1 aliphatic carbocycles. The first-order valence-electron chi connectivity index (χ1n) is 8.22. The van der Waals surface area contributed by atoms with Gasteiger partial charge in [0.2, 0.25) is 5.91 Å². The van der Waals surface area contributed by atoms with E-state index in [4.69, 9.17) is 0 Å². The average Bonchev–Trinajstić information content (AvgIpc) is 3.18. The molecular formula is C18H26N2O. The number of amides is 1. The molecule has 3 nitrogen and oxygen atoms in total. The van der Waals surface area contributed by atoms with Crippen LogP contribution in [0.1, 0.15) is 37.3 Å². The molecule has 0 aromatic heterocycles. The van der Waals surface area contributed by atoms with Crippen LogP contribution in [0.25, 0.3) is 0 Å². The van der Waals surface area contributed by atoms with Crippen LogP contribution < -0.4 is 5.32 Å². The maximum atomic E-state index is 12.6. The molecule has 21 heavy (non-hydrogen) atoms. The average molecular weight is 286 g/mol. The Morgan fingerprint density at radius 1 is 1.43 bits per heavy atom. The van der Waals surface area contributed by atoms with Crippen molar-refractivity contribution in [2.24, 2.45) is 5.92 Å². The van der Waals surface area contributed by atoms with Gasteiger partial charge in [0.05, 0.1) is 5.41 Å². The summed E-state index contributed by atoms with van der Waals surface area (Å²) in [5.41, 5.74) is 2.21. The Labute approximate surface area is 127 Å². The zero-order chi connectivity index (χ0) is 14.9. The number of benzene rings is 1. The molecule has 2 fully saturated rings. The van der Waals surface area contributed by atoms with Crippen LogP contribution in [0.3, 0.4) is 0 Å². The second-order valence-corrected chi connectivity index (χ2v) is 6.71. The van der Waals surface area contributed by atoms with Crippen LogP contribution in [0.5, 0.6) is 0 Å². The lowest BCUT2D eigenvalue weighted by molar-refractivity contribution is -0.123. The molecule has 0 unspecified atom stereocenters. The van der Waals surface area contributed by atoms with E-state index in [-0.39, 0.29) is 11.3 Å². The molecular weight excluding hydrogens is 260 g/mol. The fraction of sp³-hybridized carbons (Fsp3) is 0.611. The van der Waals surface area contributed by atoms with Gasteiger partial charge in [-0.3, -0.25) is 4.79 Å². The topological polar surface area (TPSA) is 32.3 Å². The van der Waals surface area contributed by atoms with E-state index in [1.807, 2.05) is 0 Å². The van der Waals surface area contributed by atoms with E-state index in [1.54, 1.807) is 0 Å². The molecule has 3 heteroatoms. The number of carbonyl (C=O) groups is 1. The highest BCUT2D eigenvalue weighted by Crippen LogP contribution is 2.48. The van der Waals surface area contributed by atoms with Crippen molar-refractivity contribution < 1.29 is 4.79 Å². The predicted octanol–water partition coefficient (Wildman–Crippen LogP) is 2.48. The first-order chi connectivity index (χ1) is 10.1. The second-order valence-electron chi connectivity index (χ2n) is 6.71. The minimum absolute atomic E-state index is 0.227. The van der Waals surface area contributed by atoms with Gasteiger partial charge in [-0.05, 0) is 50.8 Å². The largest absolute Gasteiger partial charge is 0.355 e. The number of aryl methyl sites for hydroxylation is 1. The summed E-state index contributed by atoms with van der Waals surface area (Å²) in [6.07, 6.45) is 3.20. The van der Waals surface area contributed by atoms with Gasteiger partial charge in [0.25, 0.3) is 0 Å². The van der Waals surface area contributed by atoms with E-state index in [0.717, 1.165) is 32.5 Å². The highest BCUT2D eigenvalue weighted by molar-refractivity contribution is 5.91. The van der Waals surface area contributed by atoms with E-state index in [0.29, 0.717) is 5.92 Å². The molecule has 1 heterocycles. The van der Waals surface area contributed by atoms with Gasteiger partial charge in [0.15, 0.2) is 0 Å². The van der Waals surface area contributed by atoms with E-state index in [1.165, 1.54) is 24.1 Å². The molecule has 1 saturated heterocycles. The molecule has 114 valence electrons. The summed E-state index contributed by atoms with van der Waals surface area (Å²) >= 11 is 0. The van der Waals surface area contributed by atoms with Crippen molar-refractivity contribution in [1.82, 2.24) is 10.2 Å². The van der Waals surface area contributed by atoms with Crippen LogP contribution in [-0.2, 0) is 10.2 Å². The summed E-state index contributed by atoms with van der Waals surface area (Å²) < 4.78 is 0. The molecule has 0 spiro atoms. The van der Waals surface area contributed by atoms with Gasteiger partial charge < -0.3 is 10.2 Å². The predicted molar refractivity (Wildman–Crippen MR) is 85.3 cm³/mol. The normalized spacial score (nSPS) is 24.0. The van der Waals surface area contributed by atoms with Gasteiger partial charge in [-0.15, -0.1) is 0 Å². The molecule has 1 atom stereocenters. The van der Waals surface area contributed by atoms with E-state index >= 15 is 0 Å². The fourth-order valence-electron chi connectivity index (χ4n) is 3.49. The molecule has 0 bridgehead atoms. The molecule has 1 N–H and O–H groups in total. The summed E-state index contributed by atoms with van der Waals surface area (Å²) in [6, 6.07) is 8.43. The van der Waals surface area contributed by atoms with E-state index in [9.17, 15) is 4.79 Å². The summed E-state index contributed by atoms with van der Waals surface area (Å²) in [6.45, 7) is 8.57. The van der Waals surface area contributed by atoms with Crippen molar-refractivity contribution in [1.29, 1.82) is 0 Å². The van der Waals surface area contributed by atoms with Gasteiger partial charge in [-0.1, -0.05) is 36.8 Å². The van der Waals surface area contributed by atoms with Crippen LogP contribution in [0, 0.1) is 12.8 Å². The maximum Gasteiger partial charge on any atom is 0.230 e. The third-order valence-electron chi connectivity index (χ3n) is 5.12. The Morgan fingerprint density at radius 2 is 2.24 bits per heavy atom. The monoisotopic (exact) mass is 286 g/mol. The molecule has 1 amide bonds. The van der Waals surface area contributed by atoms with Gasteiger partial charge >= 0.3 is 0 Å². The summed E-state index contributed by atoms with van der Waals surface area (Å²) in [7, 11) is 0. The van der Waals surface area contributed by atoms with Crippen LogP contribution in [-0.4, -0.2) is 37.0 Å². The molecule has 2 aliphatic rings. The number of hydrogen-bond donors (Lipinski definition) is 1. The number of nitrogens with one attached hydrogen (secondary N) is 1. The zero-order valence-corrected chi connectivity index (χ0v) is 13.2. The van der Waals surface area contributed by atoms with Crippen molar-refractivity contribution in [2.45, 2.75) is 38.5 Å². The minimum Gasteiger partial charge on any atom is -0.355 e. The molecule has 0 radical (unpaired) electrons. The summed E-state index contributed by atoms with van der Waals surface area (Å²) in [5, 5.41) is 3.22. The lowest BCUT2D eigenvalue weighted by Crippen LogP contribution is -2.38. The van der Waals surface area contributed by atoms with Crippen LogP contribution >= 0.6 is 0 Å². The molecule has 1 aromatic carbocycles. The first-order valence-corrected chi connectivity index (χ1v) is 8.22. The molecule has 1 aromatic rings. The molecule has 1 aliphatic heterocycles. The van der Waals surface area contributed by atoms with Crippen LogP contribution in [0.2, 0.25) is 0 Å². The smallest absolute Gasteiger partial charge is 0.230 e. The summed E-state index contributed by atoms with van der Waals surface area (Å²) in [5.74, 6) is 0.866. The highest BCUT2D eigenvalue weighted by atomic mass is 16.2. The van der Waals surface area contributed by atoms with Crippen LogP contribution in [0.4, 0.5) is 0 Å². The van der Waals surface area contributed by atoms with Crippen molar-refractivity contribution in [3.8, 4) is 0 Å². The standard InChI is InChI=1S/C18H26N2O/c1-3-20-10-7-15(13-20)12-19-17(21)18(8-9-18)16-6-4-5-14(2)11-16/h4-6,11,15H,3,7-10,12-13H2,1-2H3,(H,19,21)/t15-/m0/s1. The van der Waals surface area contributed by atoms with Crippen molar-refractivity contribution in [3.63, 3.8) is 0 Å². The Bertz CT molecular complexity index is 522. The summed E-state index contributed by atoms with van der Waals surface area (Å²) in [4.78, 5) is 15.1. The lowest BCUT2D eigenvalue weighted by atomic mass is 9.93. The van der Waals surface area contributed by atoms with Gasteiger partial charge in [-0.25, -0.2) is 0 Å². The molecule has 3 rings (SSSR count). The number of likely N-dealkylation sites (tertiary alicyclic amines) is 1. The SMILES string of the molecule is CCN1CC[C@@H](CNC(=O)C2(c3cccc(C)c3)CC2)C1. The van der Waals surface area contributed by atoms with Gasteiger partial charge in [-0.2, -0.15) is 0 Å². The fourth-order valence-corrected chi connectivity index (χ4v) is 3.49. The number of rotatable bonds is 5. The van der Waals surface area contributed by atoms with Gasteiger partial charge in [0, 0.05) is 13.1 Å². The lowest BCUT2D eigenvalue weighted by Gasteiger charge is -2.18. The van der Waals surface area contributed by atoms with E-state index in [2.05, 4.69) is 48.3 Å². The van der Waals surface area contributed by atoms with Crippen molar-refractivity contribution in [3.05, 3.63) is 35.4 Å². The first kappa shape index (κ1) is 14.6. The number of carbonyl (C=O) groups excluding carboxylic acids is 1. The van der Waals surface area contributed by atoms with Crippen molar-refractivity contribution in [2.75, 3.05) is 26.2 Å². The zero-order valence-electron chi connectivity index (χ0n) is 13.2. The Morgan fingerprint density at radius 3 is 2.86 bits per heavy atom. The number of nitrogens with zero attached hydrogens (tertiary/aromatic N) is 1. The van der Waals surface area contributed by atoms with Crippen molar-refractivity contribution >= 4 is 5.91 Å². The van der Waals surface area contributed by atoms with E-state index < -0.39 is 0 Å². The Balaban J connectivity index is 1.58. The number of hydrogen-bond acceptors (Lipinski definition) is 2. The highest BCUT2D eigenvalue weighted by Gasteiger charge is 2.51. The maximum absolute atomic E-state index is 12.6. The van der Waals surface area contributed by atoms with Gasteiger partial charge in [0.1, 0.15) is 0 Å². The minimum atomic E-state index is -0.227. The second kappa shape index (κ2) is 5.80.